The Hall–Kier alpha value is -0.690. The second-order valence-electron chi connectivity index (χ2n) is 3.49. The summed E-state index contributed by atoms with van der Waals surface area (Å²) in [7, 11) is 0. The fourth-order valence-electron chi connectivity index (χ4n) is 1.64. The minimum Gasteiger partial charge on any atom is -0.385 e. The lowest BCUT2D eigenvalue weighted by molar-refractivity contribution is 0.595. The van der Waals surface area contributed by atoms with Crippen LogP contribution in [0.5, 0.6) is 0 Å². The summed E-state index contributed by atoms with van der Waals surface area (Å²) in [6.07, 6.45) is 1.14. The van der Waals surface area contributed by atoms with E-state index in [4.69, 9.17) is 11.6 Å². The predicted molar refractivity (Wildman–Crippen MR) is 52.8 cm³/mol. The van der Waals surface area contributed by atoms with Crippen LogP contribution < -0.4 is 5.32 Å². The molecule has 1 aliphatic heterocycles. The first-order chi connectivity index (χ1) is 5.75. The van der Waals surface area contributed by atoms with E-state index < -0.39 is 0 Å². The first-order valence-corrected chi connectivity index (χ1v) is 4.66. The number of rotatable bonds is 0. The molecule has 12 heavy (non-hydrogen) atoms. The standard InChI is InChI=1S/C10H12ClN/c1-7-4-8-5-9(11)2-3-10(8)12-6-7/h2-3,5,7,12H,4,6H2,1H3. The third kappa shape index (κ3) is 1.42. The Balaban J connectivity index is 2.37. The van der Waals surface area contributed by atoms with Gasteiger partial charge in [-0.05, 0) is 36.1 Å². The molecule has 0 aliphatic carbocycles. The van der Waals surface area contributed by atoms with E-state index in [-0.39, 0.29) is 0 Å². The SMILES string of the molecule is CC1CNc2ccc(Cl)cc2C1. The van der Waals surface area contributed by atoms with Gasteiger partial charge in [-0.15, -0.1) is 0 Å². The molecular weight excluding hydrogens is 170 g/mol. The fourth-order valence-corrected chi connectivity index (χ4v) is 1.83. The van der Waals surface area contributed by atoms with Crippen molar-refractivity contribution in [2.24, 2.45) is 5.92 Å². The van der Waals surface area contributed by atoms with Gasteiger partial charge in [-0.1, -0.05) is 18.5 Å². The smallest absolute Gasteiger partial charge is 0.0410 e. The van der Waals surface area contributed by atoms with Crippen LogP contribution in [-0.2, 0) is 6.42 Å². The summed E-state index contributed by atoms with van der Waals surface area (Å²) in [4.78, 5) is 0. The van der Waals surface area contributed by atoms with E-state index in [2.05, 4.69) is 24.4 Å². The van der Waals surface area contributed by atoms with Gasteiger partial charge in [0.15, 0.2) is 0 Å². The molecule has 1 nitrogen and oxygen atoms in total. The van der Waals surface area contributed by atoms with Crippen LogP contribution in [0, 0.1) is 5.92 Å². The van der Waals surface area contributed by atoms with E-state index in [0.717, 1.165) is 23.9 Å². The second-order valence-corrected chi connectivity index (χ2v) is 3.93. The van der Waals surface area contributed by atoms with Crippen molar-refractivity contribution in [2.75, 3.05) is 11.9 Å². The second kappa shape index (κ2) is 2.98. The molecule has 0 spiro atoms. The number of anilines is 1. The number of halogens is 1. The van der Waals surface area contributed by atoms with Gasteiger partial charge >= 0.3 is 0 Å². The van der Waals surface area contributed by atoms with Crippen LogP contribution in [0.1, 0.15) is 12.5 Å². The van der Waals surface area contributed by atoms with E-state index in [1.54, 1.807) is 0 Å². The molecule has 0 saturated heterocycles. The van der Waals surface area contributed by atoms with Gasteiger partial charge in [0, 0.05) is 17.3 Å². The molecule has 1 unspecified atom stereocenters. The molecule has 0 fully saturated rings. The van der Waals surface area contributed by atoms with Crippen molar-refractivity contribution < 1.29 is 0 Å². The molecular formula is C10H12ClN. The van der Waals surface area contributed by atoms with Gasteiger partial charge in [0.2, 0.25) is 0 Å². The lowest BCUT2D eigenvalue weighted by Gasteiger charge is -2.23. The highest BCUT2D eigenvalue weighted by molar-refractivity contribution is 6.30. The Labute approximate surface area is 77.7 Å². The first kappa shape index (κ1) is 7.93. The zero-order valence-corrected chi connectivity index (χ0v) is 7.86. The van der Waals surface area contributed by atoms with Crippen LogP contribution in [0.2, 0.25) is 5.02 Å². The normalized spacial score (nSPS) is 21.3. The maximum absolute atomic E-state index is 5.90. The fraction of sp³-hybridized carbons (Fsp3) is 0.400. The van der Waals surface area contributed by atoms with Crippen LogP contribution in [-0.4, -0.2) is 6.54 Å². The largest absolute Gasteiger partial charge is 0.385 e. The van der Waals surface area contributed by atoms with Crippen LogP contribution in [0.3, 0.4) is 0 Å². The van der Waals surface area contributed by atoms with E-state index in [0.29, 0.717) is 0 Å². The van der Waals surface area contributed by atoms with Crippen molar-refractivity contribution in [3.63, 3.8) is 0 Å². The molecule has 1 aromatic rings. The zero-order chi connectivity index (χ0) is 8.55. The Bertz CT molecular complexity index is 296. The molecule has 0 saturated carbocycles. The number of nitrogens with one attached hydrogen (secondary N) is 1. The molecule has 0 aromatic heterocycles. The molecule has 0 radical (unpaired) electrons. The molecule has 64 valence electrons. The zero-order valence-electron chi connectivity index (χ0n) is 7.10. The molecule has 1 N–H and O–H groups in total. The maximum atomic E-state index is 5.90. The van der Waals surface area contributed by atoms with Crippen molar-refractivity contribution in [1.29, 1.82) is 0 Å². The average Bonchev–Trinajstić information content (AvgIpc) is 2.03. The Kier molecular flexibility index (Phi) is 1.97. The molecule has 1 aromatic carbocycles. The molecule has 0 bridgehead atoms. The maximum Gasteiger partial charge on any atom is 0.0410 e. The molecule has 1 heterocycles. The third-order valence-corrected chi connectivity index (χ3v) is 2.51. The van der Waals surface area contributed by atoms with E-state index in [9.17, 15) is 0 Å². The molecule has 0 amide bonds. The van der Waals surface area contributed by atoms with E-state index >= 15 is 0 Å². The monoisotopic (exact) mass is 181 g/mol. The Morgan fingerprint density at radius 1 is 1.50 bits per heavy atom. The summed E-state index contributed by atoms with van der Waals surface area (Å²) in [5.74, 6) is 0.718. The molecule has 1 aliphatic rings. The quantitative estimate of drug-likeness (QED) is 0.649. The molecule has 2 rings (SSSR count). The summed E-state index contributed by atoms with van der Waals surface area (Å²) < 4.78 is 0. The highest BCUT2D eigenvalue weighted by Gasteiger charge is 2.13. The number of benzene rings is 1. The van der Waals surface area contributed by atoms with Gasteiger partial charge in [0.25, 0.3) is 0 Å². The highest BCUT2D eigenvalue weighted by atomic mass is 35.5. The van der Waals surface area contributed by atoms with Gasteiger partial charge in [-0.3, -0.25) is 0 Å². The average molecular weight is 182 g/mol. The summed E-state index contributed by atoms with van der Waals surface area (Å²) >= 11 is 5.90. The lowest BCUT2D eigenvalue weighted by atomic mass is 9.96. The van der Waals surface area contributed by atoms with Crippen molar-refractivity contribution in [3.8, 4) is 0 Å². The van der Waals surface area contributed by atoms with Crippen molar-refractivity contribution >= 4 is 17.3 Å². The summed E-state index contributed by atoms with van der Waals surface area (Å²) in [6, 6.07) is 6.05. The van der Waals surface area contributed by atoms with Crippen LogP contribution in [0.15, 0.2) is 18.2 Å². The number of hydrogen-bond acceptors (Lipinski definition) is 1. The van der Waals surface area contributed by atoms with Crippen molar-refractivity contribution in [2.45, 2.75) is 13.3 Å². The van der Waals surface area contributed by atoms with Gasteiger partial charge in [-0.2, -0.15) is 0 Å². The van der Waals surface area contributed by atoms with Gasteiger partial charge < -0.3 is 5.32 Å². The van der Waals surface area contributed by atoms with Crippen LogP contribution >= 0.6 is 11.6 Å². The van der Waals surface area contributed by atoms with Crippen molar-refractivity contribution in [3.05, 3.63) is 28.8 Å². The Morgan fingerprint density at radius 2 is 2.33 bits per heavy atom. The van der Waals surface area contributed by atoms with Crippen molar-refractivity contribution in [1.82, 2.24) is 0 Å². The van der Waals surface area contributed by atoms with Gasteiger partial charge in [0.05, 0.1) is 0 Å². The Morgan fingerprint density at radius 3 is 3.17 bits per heavy atom. The van der Waals surface area contributed by atoms with Gasteiger partial charge in [0.1, 0.15) is 0 Å². The predicted octanol–water partition coefficient (Wildman–Crippen LogP) is 2.94. The topological polar surface area (TPSA) is 12.0 Å². The minimum absolute atomic E-state index is 0.718. The number of fused-ring (bicyclic) bond motifs is 1. The van der Waals surface area contributed by atoms with E-state index in [1.807, 2.05) is 6.07 Å². The molecule has 1 atom stereocenters. The molecule has 2 heteroatoms. The summed E-state index contributed by atoms with van der Waals surface area (Å²) in [5.41, 5.74) is 2.60. The first-order valence-electron chi connectivity index (χ1n) is 4.28. The summed E-state index contributed by atoms with van der Waals surface area (Å²) in [6.45, 7) is 3.32. The minimum atomic E-state index is 0.718. The van der Waals surface area contributed by atoms with Crippen LogP contribution in [0.4, 0.5) is 5.69 Å². The lowest BCUT2D eigenvalue weighted by Crippen LogP contribution is -2.20. The van der Waals surface area contributed by atoms with Gasteiger partial charge in [-0.25, -0.2) is 0 Å². The third-order valence-electron chi connectivity index (χ3n) is 2.28. The highest BCUT2D eigenvalue weighted by Crippen LogP contribution is 2.26. The summed E-state index contributed by atoms with van der Waals surface area (Å²) in [5, 5.41) is 4.22. The van der Waals surface area contributed by atoms with Crippen LogP contribution in [0.25, 0.3) is 0 Å². The van der Waals surface area contributed by atoms with E-state index in [1.165, 1.54) is 11.3 Å². The number of hydrogen-bond donors (Lipinski definition) is 1.